The third-order valence-corrected chi connectivity index (χ3v) is 5.05. The predicted molar refractivity (Wildman–Crippen MR) is 85.6 cm³/mol. The Morgan fingerprint density at radius 2 is 1.95 bits per heavy atom. The van der Waals surface area contributed by atoms with Gasteiger partial charge in [0.2, 0.25) is 10.0 Å². The van der Waals surface area contributed by atoms with Gasteiger partial charge in [-0.25, -0.2) is 17.7 Å². The highest BCUT2D eigenvalue weighted by Gasteiger charge is 2.22. The Morgan fingerprint density at radius 3 is 2.59 bits per heavy atom. The van der Waals surface area contributed by atoms with E-state index in [2.05, 4.69) is 4.98 Å². The lowest BCUT2D eigenvalue weighted by molar-refractivity contribution is 0.292. The van der Waals surface area contributed by atoms with Crippen LogP contribution in [-0.2, 0) is 16.6 Å². The summed E-state index contributed by atoms with van der Waals surface area (Å²) in [5.74, 6) is 0.293. The van der Waals surface area contributed by atoms with Gasteiger partial charge >= 0.3 is 0 Å². The van der Waals surface area contributed by atoms with Crippen LogP contribution >= 0.6 is 11.6 Å². The van der Waals surface area contributed by atoms with Crippen LogP contribution in [0.15, 0.2) is 41.3 Å². The summed E-state index contributed by atoms with van der Waals surface area (Å²) in [5.41, 5.74) is 1.47. The Kier molecular flexibility index (Phi) is 5.05. The minimum Gasteiger partial charge on any atom is -0.486 e. The Labute approximate surface area is 135 Å². The third kappa shape index (κ3) is 3.76. The highest BCUT2D eigenvalue weighted by molar-refractivity contribution is 7.89. The third-order valence-electron chi connectivity index (χ3n) is 3.01. The number of rotatable bonds is 5. The molecule has 0 saturated heterocycles. The summed E-state index contributed by atoms with van der Waals surface area (Å²) in [5, 5.41) is 0.367. The van der Waals surface area contributed by atoms with Gasteiger partial charge in [-0.15, -0.1) is 0 Å². The molecule has 0 radical (unpaired) electrons. The van der Waals surface area contributed by atoms with E-state index in [0.29, 0.717) is 16.6 Å². The van der Waals surface area contributed by atoms with Crippen molar-refractivity contribution in [2.24, 2.45) is 0 Å². The lowest BCUT2D eigenvalue weighted by Crippen LogP contribution is -2.23. The molecule has 0 N–H and O–H groups in total. The summed E-state index contributed by atoms with van der Waals surface area (Å²) < 4.78 is 31.6. The number of hydrogen-bond donors (Lipinski definition) is 0. The van der Waals surface area contributed by atoms with Crippen molar-refractivity contribution in [3.63, 3.8) is 0 Å². The van der Waals surface area contributed by atoms with Crippen molar-refractivity contribution >= 4 is 21.6 Å². The Bertz CT molecular complexity index is 776. The van der Waals surface area contributed by atoms with Gasteiger partial charge in [0, 0.05) is 14.1 Å². The number of benzene rings is 1. The summed E-state index contributed by atoms with van der Waals surface area (Å²) in [6.45, 7) is 1.97. The normalized spacial score (nSPS) is 11.7. The van der Waals surface area contributed by atoms with Crippen LogP contribution in [0, 0.1) is 6.92 Å². The van der Waals surface area contributed by atoms with Crippen LogP contribution in [0.3, 0.4) is 0 Å². The fraction of sp³-hybridized carbons (Fsp3) is 0.267. The average molecular weight is 341 g/mol. The maximum atomic E-state index is 12.4. The van der Waals surface area contributed by atoms with E-state index in [0.717, 1.165) is 9.87 Å². The van der Waals surface area contributed by atoms with Crippen LogP contribution in [0.5, 0.6) is 5.75 Å². The molecule has 2 rings (SSSR count). The number of hydrogen-bond acceptors (Lipinski definition) is 4. The highest BCUT2D eigenvalue weighted by atomic mass is 35.5. The SMILES string of the molecule is Cc1ccc(OCc2cccc(Cl)n2)c(S(=O)(=O)N(C)C)c1. The van der Waals surface area contributed by atoms with Crippen molar-refractivity contribution in [2.45, 2.75) is 18.4 Å². The molecule has 0 amide bonds. The van der Waals surface area contributed by atoms with E-state index in [1.54, 1.807) is 36.4 Å². The highest BCUT2D eigenvalue weighted by Crippen LogP contribution is 2.27. The molecule has 0 fully saturated rings. The number of aromatic nitrogens is 1. The number of sulfonamides is 1. The van der Waals surface area contributed by atoms with E-state index in [4.69, 9.17) is 16.3 Å². The summed E-state index contributed by atoms with van der Waals surface area (Å²) in [6, 6.07) is 10.2. The van der Waals surface area contributed by atoms with Crippen molar-refractivity contribution in [3.8, 4) is 5.75 Å². The number of halogens is 1. The second-order valence-corrected chi connectivity index (χ2v) is 7.49. The van der Waals surface area contributed by atoms with E-state index < -0.39 is 10.0 Å². The van der Waals surface area contributed by atoms with E-state index in [1.165, 1.54) is 14.1 Å². The summed E-state index contributed by atoms with van der Waals surface area (Å²) in [6.07, 6.45) is 0. The van der Waals surface area contributed by atoms with Crippen molar-refractivity contribution in [3.05, 3.63) is 52.8 Å². The standard InChI is InChI=1S/C15H17ClN2O3S/c1-11-7-8-13(14(9-11)22(19,20)18(2)3)21-10-12-5-4-6-15(16)17-12/h4-9H,10H2,1-3H3. The fourth-order valence-electron chi connectivity index (χ4n) is 1.82. The predicted octanol–water partition coefficient (Wildman–Crippen LogP) is 2.87. The topological polar surface area (TPSA) is 59.5 Å². The lowest BCUT2D eigenvalue weighted by atomic mass is 10.2. The van der Waals surface area contributed by atoms with Gasteiger partial charge in [0.25, 0.3) is 0 Å². The smallest absolute Gasteiger partial charge is 0.246 e. The van der Waals surface area contributed by atoms with Crippen LogP contribution < -0.4 is 4.74 Å². The van der Waals surface area contributed by atoms with Crippen molar-refractivity contribution in [1.29, 1.82) is 0 Å². The minimum absolute atomic E-state index is 0.138. The second-order valence-electron chi connectivity index (χ2n) is 4.98. The van der Waals surface area contributed by atoms with Crippen molar-refractivity contribution < 1.29 is 13.2 Å². The molecular formula is C15H17ClN2O3S. The average Bonchev–Trinajstić information content (AvgIpc) is 2.45. The molecule has 1 heterocycles. The summed E-state index contributed by atoms with van der Waals surface area (Å²) >= 11 is 5.82. The van der Waals surface area contributed by atoms with Crippen molar-refractivity contribution in [1.82, 2.24) is 9.29 Å². The second kappa shape index (κ2) is 6.64. The lowest BCUT2D eigenvalue weighted by Gasteiger charge is -2.16. The molecule has 0 saturated carbocycles. The van der Waals surface area contributed by atoms with Crippen LogP contribution in [0.25, 0.3) is 0 Å². The van der Waals surface area contributed by atoms with Gasteiger partial charge in [-0.2, -0.15) is 0 Å². The van der Waals surface area contributed by atoms with E-state index in [-0.39, 0.29) is 11.5 Å². The van der Waals surface area contributed by atoms with E-state index in [1.807, 2.05) is 6.92 Å². The first kappa shape index (κ1) is 16.7. The molecule has 0 unspecified atom stereocenters. The van der Waals surface area contributed by atoms with Gasteiger partial charge in [0.05, 0.1) is 5.69 Å². The van der Waals surface area contributed by atoms with E-state index >= 15 is 0 Å². The van der Waals surface area contributed by atoms with Gasteiger partial charge in [0.15, 0.2) is 0 Å². The molecule has 0 aliphatic rings. The first-order valence-electron chi connectivity index (χ1n) is 6.58. The molecule has 0 atom stereocenters. The largest absolute Gasteiger partial charge is 0.486 e. The molecule has 1 aromatic heterocycles. The number of pyridine rings is 1. The van der Waals surface area contributed by atoms with Gasteiger partial charge in [0.1, 0.15) is 22.4 Å². The maximum absolute atomic E-state index is 12.4. The quantitative estimate of drug-likeness (QED) is 0.785. The monoisotopic (exact) mass is 340 g/mol. The van der Waals surface area contributed by atoms with Crippen LogP contribution in [0.4, 0.5) is 0 Å². The first-order valence-corrected chi connectivity index (χ1v) is 8.40. The molecule has 22 heavy (non-hydrogen) atoms. The van der Waals surface area contributed by atoms with Crippen LogP contribution in [0.2, 0.25) is 5.15 Å². The van der Waals surface area contributed by atoms with Gasteiger partial charge in [-0.1, -0.05) is 23.7 Å². The number of nitrogens with zero attached hydrogens (tertiary/aromatic N) is 2. The molecule has 7 heteroatoms. The van der Waals surface area contributed by atoms with Crippen LogP contribution in [-0.4, -0.2) is 31.8 Å². The number of aryl methyl sites for hydroxylation is 1. The molecular weight excluding hydrogens is 324 g/mol. The van der Waals surface area contributed by atoms with E-state index in [9.17, 15) is 8.42 Å². The maximum Gasteiger partial charge on any atom is 0.246 e. The molecule has 0 aliphatic carbocycles. The minimum atomic E-state index is -3.58. The molecule has 0 spiro atoms. The van der Waals surface area contributed by atoms with Gasteiger partial charge in [-0.3, -0.25) is 0 Å². The zero-order valence-electron chi connectivity index (χ0n) is 12.6. The Morgan fingerprint density at radius 1 is 1.23 bits per heavy atom. The fourth-order valence-corrected chi connectivity index (χ4v) is 3.11. The molecule has 0 bridgehead atoms. The molecule has 5 nitrogen and oxygen atoms in total. The summed E-state index contributed by atoms with van der Waals surface area (Å²) in [4.78, 5) is 4.25. The molecule has 0 aliphatic heterocycles. The zero-order valence-corrected chi connectivity index (χ0v) is 14.1. The van der Waals surface area contributed by atoms with Crippen LogP contribution in [0.1, 0.15) is 11.3 Å². The molecule has 2 aromatic rings. The Balaban J connectivity index is 2.32. The van der Waals surface area contributed by atoms with Gasteiger partial charge in [-0.05, 0) is 36.8 Å². The zero-order chi connectivity index (χ0) is 16.3. The Hall–Kier alpha value is -1.63. The summed E-state index contributed by atoms with van der Waals surface area (Å²) in [7, 11) is -0.609. The van der Waals surface area contributed by atoms with Gasteiger partial charge < -0.3 is 4.74 Å². The first-order chi connectivity index (χ1) is 10.3. The van der Waals surface area contributed by atoms with Crippen molar-refractivity contribution in [2.75, 3.05) is 14.1 Å². The number of ether oxygens (including phenoxy) is 1. The molecule has 1 aromatic carbocycles. The molecule has 118 valence electrons.